The number of benzene rings is 6. The van der Waals surface area contributed by atoms with Crippen LogP contribution in [-0.4, -0.2) is 10.2 Å². The quantitative estimate of drug-likeness (QED) is 0.213. The molecule has 202 valence electrons. The Kier molecular flexibility index (Phi) is 5.28. The third kappa shape index (κ3) is 3.41. The molecule has 2 aliphatic rings. The van der Waals surface area contributed by atoms with Crippen LogP contribution in [0.5, 0.6) is 0 Å². The summed E-state index contributed by atoms with van der Waals surface area (Å²) in [6.07, 6.45) is 0. The Morgan fingerprint density at radius 3 is 1.67 bits per heavy atom. The number of aromatic nitrogens is 2. The third-order valence-corrected chi connectivity index (χ3v) is 9.87. The van der Waals surface area contributed by atoms with E-state index in [2.05, 4.69) is 149 Å². The SMILES string of the molecule is c1ccc(-c2nnc(-c3ccc4c(c3)-c3ccccc3C43c4ccccc4N(c4ccccc4)c4ccccc43)s2)cc1. The van der Waals surface area contributed by atoms with Gasteiger partial charge in [0.25, 0.3) is 0 Å². The first-order valence-electron chi connectivity index (χ1n) is 14.5. The van der Waals surface area contributed by atoms with Crippen LogP contribution < -0.4 is 4.90 Å². The van der Waals surface area contributed by atoms with Crippen LogP contribution in [0.2, 0.25) is 0 Å². The molecule has 1 aromatic heterocycles. The predicted molar refractivity (Wildman–Crippen MR) is 176 cm³/mol. The highest BCUT2D eigenvalue weighted by Crippen LogP contribution is 2.63. The molecule has 0 unspecified atom stereocenters. The largest absolute Gasteiger partial charge is 0.310 e. The minimum atomic E-state index is -0.445. The van der Waals surface area contributed by atoms with Crippen molar-refractivity contribution in [1.29, 1.82) is 0 Å². The van der Waals surface area contributed by atoms with Gasteiger partial charge in [0.05, 0.1) is 16.8 Å². The maximum absolute atomic E-state index is 4.63. The normalized spacial score (nSPS) is 13.7. The Morgan fingerprint density at radius 2 is 0.977 bits per heavy atom. The number of fused-ring (bicyclic) bond motifs is 9. The Balaban J connectivity index is 1.30. The zero-order chi connectivity index (χ0) is 28.4. The summed E-state index contributed by atoms with van der Waals surface area (Å²) in [5.41, 5.74) is 13.0. The highest BCUT2D eigenvalue weighted by Gasteiger charge is 2.51. The summed E-state index contributed by atoms with van der Waals surface area (Å²) in [5, 5.41) is 11.0. The van der Waals surface area contributed by atoms with Gasteiger partial charge < -0.3 is 4.90 Å². The molecule has 1 aliphatic heterocycles. The second-order valence-electron chi connectivity index (χ2n) is 11.0. The molecule has 0 atom stereocenters. The molecule has 43 heavy (non-hydrogen) atoms. The number of hydrogen-bond acceptors (Lipinski definition) is 4. The summed E-state index contributed by atoms with van der Waals surface area (Å²) in [6, 6.07) is 54.6. The van der Waals surface area contributed by atoms with Crippen LogP contribution in [0, 0.1) is 0 Å². The van der Waals surface area contributed by atoms with Crippen molar-refractivity contribution in [2.45, 2.75) is 5.41 Å². The van der Waals surface area contributed by atoms with E-state index in [9.17, 15) is 0 Å². The molecule has 2 heterocycles. The van der Waals surface area contributed by atoms with Crippen LogP contribution in [0.25, 0.3) is 32.3 Å². The molecule has 0 fully saturated rings. The molecular weight excluding hydrogens is 543 g/mol. The zero-order valence-electron chi connectivity index (χ0n) is 23.2. The lowest BCUT2D eigenvalue weighted by atomic mass is 9.64. The van der Waals surface area contributed by atoms with E-state index in [1.54, 1.807) is 11.3 Å². The lowest BCUT2D eigenvalue weighted by Gasteiger charge is -2.45. The molecule has 4 heteroatoms. The minimum Gasteiger partial charge on any atom is -0.310 e. The van der Waals surface area contributed by atoms with E-state index in [0.29, 0.717) is 0 Å². The van der Waals surface area contributed by atoms with E-state index in [1.165, 1.54) is 44.8 Å². The van der Waals surface area contributed by atoms with Gasteiger partial charge in [0.15, 0.2) is 0 Å². The van der Waals surface area contributed by atoms with Crippen molar-refractivity contribution in [3.05, 3.63) is 174 Å². The minimum absolute atomic E-state index is 0.445. The summed E-state index contributed by atoms with van der Waals surface area (Å²) < 4.78 is 0. The van der Waals surface area contributed by atoms with Crippen LogP contribution >= 0.6 is 11.3 Å². The third-order valence-electron chi connectivity index (χ3n) is 8.85. The molecule has 0 radical (unpaired) electrons. The van der Waals surface area contributed by atoms with Gasteiger partial charge in [0.2, 0.25) is 0 Å². The van der Waals surface area contributed by atoms with Gasteiger partial charge in [-0.2, -0.15) is 0 Å². The second kappa shape index (κ2) is 9.35. The molecule has 0 N–H and O–H groups in total. The Bertz CT molecular complexity index is 2100. The van der Waals surface area contributed by atoms with Crippen LogP contribution in [0.1, 0.15) is 22.3 Å². The maximum Gasteiger partial charge on any atom is 0.148 e. The molecule has 6 aromatic carbocycles. The predicted octanol–water partition coefficient (Wildman–Crippen LogP) is 10.0. The van der Waals surface area contributed by atoms with Crippen LogP contribution in [0.15, 0.2) is 152 Å². The van der Waals surface area contributed by atoms with Gasteiger partial charge in [-0.15, -0.1) is 10.2 Å². The van der Waals surface area contributed by atoms with Gasteiger partial charge >= 0.3 is 0 Å². The Labute approximate surface area is 254 Å². The van der Waals surface area contributed by atoms with E-state index >= 15 is 0 Å². The van der Waals surface area contributed by atoms with Gasteiger partial charge in [0, 0.05) is 16.8 Å². The van der Waals surface area contributed by atoms with Crippen molar-refractivity contribution in [2.24, 2.45) is 0 Å². The van der Waals surface area contributed by atoms with Crippen molar-refractivity contribution in [1.82, 2.24) is 10.2 Å². The van der Waals surface area contributed by atoms with Gasteiger partial charge in [-0.1, -0.05) is 133 Å². The second-order valence-corrected chi connectivity index (χ2v) is 12.0. The van der Waals surface area contributed by atoms with Gasteiger partial charge in [0.1, 0.15) is 10.0 Å². The van der Waals surface area contributed by atoms with Crippen molar-refractivity contribution < 1.29 is 0 Å². The Hall–Kier alpha value is -5.32. The van der Waals surface area contributed by atoms with Crippen molar-refractivity contribution in [3.8, 4) is 32.3 Å². The highest BCUT2D eigenvalue weighted by molar-refractivity contribution is 7.17. The first kappa shape index (κ1) is 24.3. The summed E-state index contributed by atoms with van der Waals surface area (Å²) in [5.74, 6) is 0. The fourth-order valence-corrected chi connectivity index (χ4v) is 7.98. The molecule has 9 rings (SSSR count). The summed E-state index contributed by atoms with van der Waals surface area (Å²) in [6.45, 7) is 0. The van der Waals surface area contributed by atoms with Crippen LogP contribution in [-0.2, 0) is 5.41 Å². The molecule has 0 saturated carbocycles. The zero-order valence-corrected chi connectivity index (χ0v) is 24.0. The van der Waals surface area contributed by atoms with Crippen molar-refractivity contribution in [2.75, 3.05) is 4.90 Å². The highest BCUT2D eigenvalue weighted by atomic mass is 32.1. The number of nitrogens with zero attached hydrogens (tertiary/aromatic N) is 3. The molecule has 0 amide bonds. The van der Waals surface area contributed by atoms with Crippen LogP contribution in [0.4, 0.5) is 17.1 Å². The van der Waals surface area contributed by atoms with E-state index < -0.39 is 5.41 Å². The summed E-state index contributed by atoms with van der Waals surface area (Å²) in [7, 11) is 0. The number of para-hydroxylation sites is 3. The number of anilines is 3. The van der Waals surface area contributed by atoms with Crippen molar-refractivity contribution >= 4 is 28.4 Å². The molecular formula is C39H25N3S. The van der Waals surface area contributed by atoms with Crippen LogP contribution in [0.3, 0.4) is 0 Å². The first-order valence-corrected chi connectivity index (χ1v) is 15.3. The monoisotopic (exact) mass is 567 g/mol. The maximum atomic E-state index is 4.63. The van der Waals surface area contributed by atoms with E-state index in [4.69, 9.17) is 0 Å². The Morgan fingerprint density at radius 1 is 0.442 bits per heavy atom. The fourth-order valence-electron chi connectivity index (χ4n) is 7.14. The van der Waals surface area contributed by atoms with E-state index in [-0.39, 0.29) is 0 Å². The molecule has 1 spiro atoms. The standard InChI is InChI=1S/C39H25N3S/c1-3-13-26(14-4-1)37-40-41-38(43-37)27-23-24-32-30(25-27)29-17-7-8-18-31(29)39(32)33-19-9-11-21-35(33)42(28-15-5-2-6-16-28)36-22-12-10-20-34(36)39/h1-25H. The molecule has 7 aromatic rings. The molecule has 3 nitrogen and oxygen atoms in total. The number of rotatable bonds is 3. The van der Waals surface area contributed by atoms with E-state index in [1.807, 2.05) is 18.2 Å². The lowest BCUT2D eigenvalue weighted by Crippen LogP contribution is -2.36. The van der Waals surface area contributed by atoms with Gasteiger partial charge in [-0.25, -0.2) is 0 Å². The summed E-state index contributed by atoms with van der Waals surface area (Å²) >= 11 is 1.64. The molecule has 1 aliphatic carbocycles. The fraction of sp³-hybridized carbons (Fsp3) is 0.0256. The smallest absolute Gasteiger partial charge is 0.148 e. The molecule has 0 saturated heterocycles. The van der Waals surface area contributed by atoms with Gasteiger partial charge in [-0.3, -0.25) is 0 Å². The summed E-state index contributed by atoms with van der Waals surface area (Å²) in [4.78, 5) is 2.41. The van der Waals surface area contributed by atoms with Crippen molar-refractivity contribution in [3.63, 3.8) is 0 Å². The van der Waals surface area contributed by atoms with Gasteiger partial charge in [-0.05, 0) is 63.7 Å². The lowest BCUT2D eigenvalue weighted by molar-refractivity contribution is 0.752. The number of hydrogen-bond donors (Lipinski definition) is 0. The topological polar surface area (TPSA) is 29.0 Å². The first-order chi connectivity index (χ1) is 21.3. The van der Waals surface area contributed by atoms with E-state index in [0.717, 1.165) is 26.8 Å². The average molecular weight is 568 g/mol. The average Bonchev–Trinajstić information content (AvgIpc) is 3.69. The molecule has 0 bridgehead atoms.